The zero-order chi connectivity index (χ0) is 17.5. The predicted molar refractivity (Wildman–Crippen MR) is 98.4 cm³/mol. The number of ether oxygens (including phenoxy) is 1. The molecule has 0 aliphatic heterocycles. The van der Waals surface area contributed by atoms with Gasteiger partial charge in [-0.3, -0.25) is 9.59 Å². The molecule has 0 spiro atoms. The number of anilines is 1. The summed E-state index contributed by atoms with van der Waals surface area (Å²) in [5.41, 5.74) is 2.81. The van der Waals surface area contributed by atoms with Gasteiger partial charge in [0.25, 0.3) is 0 Å². The van der Waals surface area contributed by atoms with Crippen LogP contribution in [0.5, 0.6) is 0 Å². The second-order valence-electron chi connectivity index (χ2n) is 5.30. The number of thioether (sulfide) groups is 1. The van der Waals surface area contributed by atoms with E-state index in [1.165, 1.54) is 30.2 Å². The van der Waals surface area contributed by atoms with E-state index in [9.17, 15) is 9.59 Å². The molecule has 1 N–H and O–H groups in total. The maximum Gasteiger partial charge on any atom is 0.318 e. The van der Waals surface area contributed by atoms with Crippen molar-refractivity contribution in [2.75, 3.05) is 12.4 Å². The van der Waals surface area contributed by atoms with Crippen LogP contribution in [0.3, 0.4) is 0 Å². The van der Waals surface area contributed by atoms with Crippen LogP contribution < -0.4 is 5.32 Å². The Morgan fingerprint density at radius 3 is 2.71 bits per heavy atom. The average molecular weight is 364 g/mol. The fraction of sp³-hybridized carbons (Fsp3) is 0.353. The first-order chi connectivity index (χ1) is 11.5. The maximum atomic E-state index is 12.1. The molecule has 0 fully saturated rings. The maximum absolute atomic E-state index is 12.1. The van der Waals surface area contributed by atoms with Gasteiger partial charge in [0, 0.05) is 16.8 Å². The summed E-state index contributed by atoms with van der Waals surface area (Å²) < 4.78 is 4.69. The monoisotopic (exact) mass is 364 g/mol. The van der Waals surface area contributed by atoms with Crippen molar-refractivity contribution >= 4 is 40.7 Å². The molecule has 128 valence electrons. The number of aromatic nitrogens is 1. The number of benzene rings is 1. The van der Waals surface area contributed by atoms with Crippen LogP contribution in [0.1, 0.15) is 23.2 Å². The summed E-state index contributed by atoms with van der Waals surface area (Å²) in [7, 11) is 1.38. The van der Waals surface area contributed by atoms with Crippen LogP contribution in [0.4, 0.5) is 5.69 Å². The van der Waals surface area contributed by atoms with Crippen LogP contribution in [0, 0.1) is 6.92 Å². The highest BCUT2D eigenvalue weighted by Gasteiger charge is 2.15. The van der Waals surface area contributed by atoms with Crippen LogP contribution in [0.2, 0.25) is 0 Å². The number of nitrogens with one attached hydrogen (secondary N) is 1. The Bertz CT molecular complexity index is 698. The van der Waals surface area contributed by atoms with Gasteiger partial charge in [-0.1, -0.05) is 17.7 Å². The zero-order valence-corrected chi connectivity index (χ0v) is 15.5. The largest absolute Gasteiger partial charge is 0.468 e. The first-order valence-corrected chi connectivity index (χ1v) is 9.40. The van der Waals surface area contributed by atoms with E-state index in [4.69, 9.17) is 4.74 Å². The summed E-state index contributed by atoms with van der Waals surface area (Å²) in [4.78, 5) is 27.9. The van der Waals surface area contributed by atoms with Crippen molar-refractivity contribution in [1.29, 1.82) is 0 Å². The van der Waals surface area contributed by atoms with E-state index in [2.05, 4.69) is 10.3 Å². The van der Waals surface area contributed by atoms with E-state index in [0.717, 1.165) is 22.0 Å². The van der Waals surface area contributed by atoms with Crippen molar-refractivity contribution in [2.45, 2.75) is 31.3 Å². The number of carbonyl (C=O) groups is 2. The van der Waals surface area contributed by atoms with Gasteiger partial charge in [0.1, 0.15) is 5.01 Å². The van der Waals surface area contributed by atoms with Crippen molar-refractivity contribution < 1.29 is 14.3 Å². The van der Waals surface area contributed by atoms with Gasteiger partial charge >= 0.3 is 5.97 Å². The summed E-state index contributed by atoms with van der Waals surface area (Å²) in [6, 6.07) is 7.67. The minimum Gasteiger partial charge on any atom is -0.468 e. The number of thiazole rings is 1. The van der Waals surface area contributed by atoms with Crippen LogP contribution in [-0.2, 0) is 26.5 Å². The van der Waals surface area contributed by atoms with Crippen LogP contribution >= 0.6 is 23.1 Å². The van der Waals surface area contributed by atoms with Crippen LogP contribution in [-0.4, -0.2) is 29.2 Å². The number of aryl methyl sites for hydroxylation is 1. The Morgan fingerprint density at radius 2 is 2.04 bits per heavy atom. The highest BCUT2D eigenvalue weighted by atomic mass is 32.2. The summed E-state index contributed by atoms with van der Waals surface area (Å²) in [6.45, 7) is 3.81. The Hall–Kier alpha value is -1.86. The number of methoxy groups -OCH3 is 1. The minimum atomic E-state index is -0.243. The number of esters is 1. The fourth-order valence-corrected chi connectivity index (χ4v) is 3.62. The third-order valence-electron chi connectivity index (χ3n) is 3.26. The van der Waals surface area contributed by atoms with E-state index < -0.39 is 0 Å². The lowest BCUT2D eigenvalue weighted by Gasteiger charge is -2.06. The highest BCUT2D eigenvalue weighted by Crippen LogP contribution is 2.21. The lowest BCUT2D eigenvalue weighted by atomic mass is 10.2. The van der Waals surface area contributed by atoms with Gasteiger partial charge in [0.15, 0.2) is 0 Å². The molecule has 0 saturated carbocycles. The average Bonchev–Trinajstić information content (AvgIpc) is 3.01. The number of carbonyl (C=O) groups excluding carboxylic acids is 2. The van der Waals surface area contributed by atoms with Gasteiger partial charge in [0.05, 0.1) is 24.5 Å². The molecule has 0 radical (unpaired) electrons. The molecule has 1 aromatic heterocycles. The van der Waals surface area contributed by atoms with Gasteiger partial charge in [-0.05, 0) is 26.0 Å². The van der Waals surface area contributed by atoms with Crippen molar-refractivity contribution in [3.63, 3.8) is 0 Å². The predicted octanol–water partition coefficient (Wildman–Crippen LogP) is 3.43. The van der Waals surface area contributed by atoms with Crippen molar-refractivity contribution in [3.05, 3.63) is 45.9 Å². The van der Waals surface area contributed by atoms with Crippen molar-refractivity contribution in [2.24, 2.45) is 0 Å². The van der Waals surface area contributed by atoms with Gasteiger partial charge in [0.2, 0.25) is 5.91 Å². The second-order valence-corrected chi connectivity index (χ2v) is 7.57. The quantitative estimate of drug-likeness (QED) is 0.763. The van der Waals surface area contributed by atoms with Gasteiger partial charge in [-0.2, -0.15) is 0 Å². The van der Waals surface area contributed by atoms with Crippen LogP contribution in [0.25, 0.3) is 0 Å². The molecule has 2 rings (SSSR count). The number of hydrogen-bond donors (Lipinski definition) is 1. The molecule has 1 atom stereocenters. The zero-order valence-electron chi connectivity index (χ0n) is 13.9. The Labute approximate surface area is 149 Å². The molecular weight excluding hydrogens is 344 g/mol. The molecule has 0 aliphatic carbocycles. The molecule has 1 amide bonds. The number of hydrogen-bond acceptors (Lipinski definition) is 6. The lowest BCUT2D eigenvalue weighted by molar-refractivity contribution is -0.139. The Morgan fingerprint density at radius 1 is 1.33 bits per heavy atom. The lowest BCUT2D eigenvalue weighted by Crippen LogP contribution is -2.15. The van der Waals surface area contributed by atoms with Crippen LogP contribution in [0.15, 0.2) is 29.6 Å². The van der Waals surface area contributed by atoms with Gasteiger partial charge in [-0.25, -0.2) is 4.98 Å². The SMILES string of the molecule is COC(=O)C(C)SCc1csc(CC(=O)Nc2ccc(C)cc2)n1. The third-order valence-corrected chi connectivity index (χ3v) is 5.31. The molecular formula is C17H20N2O3S2. The van der Waals surface area contributed by atoms with E-state index in [0.29, 0.717) is 5.75 Å². The Kier molecular flexibility index (Phi) is 6.81. The molecule has 0 bridgehead atoms. The van der Waals surface area contributed by atoms with E-state index in [1.807, 2.05) is 36.6 Å². The molecule has 5 nitrogen and oxygen atoms in total. The number of amides is 1. The topological polar surface area (TPSA) is 68.3 Å². The normalized spacial score (nSPS) is 11.8. The first kappa shape index (κ1) is 18.5. The highest BCUT2D eigenvalue weighted by molar-refractivity contribution is 7.99. The molecule has 24 heavy (non-hydrogen) atoms. The van der Waals surface area contributed by atoms with Gasteiger partial charge in [-0.15, -0.1) is 23.1 Å². The smallest absolute Gasteiger partial charge is 0.318 e. The Balaban J connectivity index is 1.83. The van der Waals surface area contributed by atoms with E-state index in [1.54, 1.807) is 6.92 Å². The third kappa shape index (κ3) is 5.65. The number of nitrogens with zero attached hydrogens (tertiary/aromatic N) is 1. The first-order valence-electron chi connectivity index (χ1n) is 7.47. The minimum absolute atomic E-state index is 0.0877. The molecule has 2 aromatic rings. The summed E-state index contributed by atoms with van der Waals surface area (Å²) in [5, 5.41) is 5.32. The van der Waals surface area contributed by atoms with E-state index >= 15 is 0 Å². The fourth-order valence-electron chi connectivity index (χ4n) is 1.92. The molecule has 1 aromatic carbocycles. The summed E-state index contributed by atoms with van der Waals surface area (Å²) >= 11 is 2.92. The molecule has 0 aliphatic rings. The standard InChI is InChI=1S/C17H20N2O3S2/c1-11-4-6-13(7-5-11)18-15(20)8-16-19-14(10-24-16)9-23-12(2)17(21)22-3/h4-7,10,12H,8-9H2,1-3H3,(H,18,20). The van der Waals surface area contributed by atoms with Crippen molar-refractivity contribution in [1.82, 2.24) is 4.98 Å². The van der Waals surface area contributed by atoms with Gasteiger partial charge < -0.3 is 10.1 Å². The van der Waals surface area contributed by atoms with Crippen molar-refractivity contribution in [3.8, 4) is 0 Å². The summed E-state index contributed by atoms with van der Waals surface area (Å²) in [6.07, 6.45) is 0.246. The molecule has 7 heteroatoms. The molecule has 1 unspecified atom stereocenters. The summed E-state index contributed by atoms with van der Waals surface area (Å²) in [5.74, 6) is 0.287. The number of rotatable bonds is 7. The van der Waals surface area contributed by atoms with E-state index in [-0.39, 0.29) is 23.5 Å². The molecule has 1 heterocycles. The molecule has 0 saturated heterocycles. The second kappa shape index (κ2) is 8.84.